The maximum absolute atomic E-state index is 6.06. The van der Waals surface area contributed by atoms with E-state index in [2.05, 4.69) is 20.7 Å². The Labute approximate surface area is 126 Å². The number of fused-ring (bicyclic) bond motifs is 1. The number of nitrogens with zero attached hydrogens (tertiary/aromatic N) is 2. The number of aryl methyl sites for hydroxylation is 1. The van der Waals surface area contributed by atoms with Gasteiger partial charge in [0.05, 0.1) is 10.5 Å². The van der Waals surface area contributed by atoms with Crippen LogP contribution < -0.4 is 5.32 Å². The Morgan fingerprint density at radius 2 is 2.20 bits per heavy atom. The third kappa shape index (κ3) is 2.92. The summed E-state index contributed by atoms with van der Waals surface area (Å²) in [6.07, 6.45) is 2.73. The highest BCUT2D eigenvalue weighted by Gasteiger charge is 2.03. The average molecular weight is 304 g/mol. The molecule has 0 fully saturated rings. The summed E-state index contributed by atoms with van der Waals surface area (Å²) in [6, 6.07) is 7.72. The van der Waals surface area contributed by atoms with Gasteiger partial charge in [0, 0.05) is 46.3 Å². The van der Waals surface area contributed by atoms with E-state index in [-0.39, 0.29) is 0 Å². The highest BCUT2D eigenvalue weighted by Crippen LogP contribution is 2.24. The van der Waals surface area contributed by atoms with Crippen molar-refractivity contribution < 1.29 is 0 Å². The number of pyridine rings is 1. The second-order valence-electron chi connectivity index (χ2n) is 4.58. The van der Waals surface area contributed by atoms with Crippen LogP contribution in [0.25, 0.3) is 10.9 Å². The van der Waals surface area contributed by atoms with Crippen molar-refractivity contribution in [2.45, 2.75) is 13.3 Å². The van der Waals surface area contributed by atoms with Gasteiger partial charge in [0.25, 0.3) is 0 Å². The molecule has 5 heteroatoms. The van der Waals surface area contributed by atoms with Gasteiger partial charge in [-0.25, -0.2) is 4.98 Å². The number of aromatic nitrogens is 2. The molecule has 0 radical (unpaired) electrons. The first-order chi connectivity index (χ1) is 9.72. The number of nitrogens with one attached hydrogen (secondary N) is 1. The third-order valence-corrected chi connectivity index (χ3v) is 4.29. The molecule has 102 valence electrons. The molecule has 2 aromatic heterocycles. The fourth-order valence-electron chi connectivity index (χ4n) is 2.09. The number of thiazole rings is 1. The van der Waals surface area contributed by atoms with E-state index < -0.39 is 0 Å². The Morgan fingerprint density at radius 3 is 3.00 bits per heavy atom. The third-order valence-electron chi connectivity index (χ3n) is 3.02. The van der Waals surface area contributed by atoms with Gasteiger partial charge in [-0.05, 0) is 31.2 Å². The summed E-state index contributed by atoms with van der Waals surface area (Å²) in [5.41, 5.74) is 3.10. The topological polar surface area (TPSA) is 37.8 Å². The van der Waals surface area contributed by atoms with Crippen molar-refractivity contribution in [3.8, 4) is 0 Å². The van der Waals surface area contributed by atoms with Gasteiger partial charge >= 0.3 is 0 Å². The van der Waals surface area contributed by atoms with E-state index in [9.17, 15) is 0 Å². The predicted octanol–water partition coefficient (Wildman–Crippen LogP) is 4.31. The van der Waals surface area contributed by atoms with Crippen LogP contribution in [-0.4, -0.2) is 16.5 Å². The summed E-state index contributed by atoms with van der Waals surface area (Å²) in [7, 11) is 0. The molecule has 0 bridgehead atoms. The van der Waals surface area contributed by atoms with Gasteiger partial charge in [0.2, 0.25) is 0 Å². The Hall–Kier alpha value is -1.65. The number of rotatable bonds is 4. The summed E-state index contributed by atoms with van der Waals surface area (Å²) in [5.74, 6) is 0. The fourth-order valence-corrected chi connectivity index (χ4v) is 3.04. The average Bonchev–Trinajstić information content (AvgIpc) is 2.85. The molecular weight excluding hydrogens is 290 g/mol. The van der Waals surface area contributed by atoms with Gasteiger partial charge in [-0.15, -0.1) is 11.3 Å². The molecule has 0 saturated heterocycles. The number of anilines is 1. The molecule has 3 rings (SSSR count). The molecule has 2 heterocycles. The van der Waals surface area contributed by atoms with Crippen molar-refractivity contribution in [2.24, 2.45) is 0 Å². The Kier molecular flexibility index (Phi) is 3.85. The van der Waals surface area contributed by atoms with Crippen LogP contribution in [0.2, 0.25) is 5.02 Å². The highest BCUT2D eigenvalue weighted by molar-refractivity contribution is 7.09. The van der Waals surface area contributed by atoms with Crippen molar-refractivity contribution in [2.75, 3.05) is 11.9 Å². The minimum Gasteiger partial charge on any atom is -0.384 e. The number of hydrogen-bond acceptors (Lipinski definition) is 4. The lowest BCUT2D eigenvalue weighted by Crippen LogP contribution is -2.05. The van der Waals surface area contributed by atoms with E-state index in [1.54, 1.807) is 11.3 Å². The summed E-state index contributed by atoms with van der Waals surface area (Å²) in [5, 5.41) is 8.46. The Balaban J connectivity index is 1.75. The largest absolute Gasteiger partial charge is 0.384 e. The first-order valence-electron chi connectivity index (χ1n) is 6.41. The smallest absolute Gasteiger partial charge is 0.0945 e. The quantitative estimate of drug-likeness (QED) is 0.780. The summed E-state index contributed by atoms with van der Waals surface area (Å²) >= 11 is 7.77. The lowest BCUT2D eigenvalue weighted by molar-refractivity contribution is 0.988. The Morgan fingerprint density at radius 1 is 1.30 bits per heavy atom. The van der Waals surface area contributed by atoms with Gasteiger partial charge in [-0.3, -0.25) is 4.98 Å². The van der Waals surface area contributed by atoms with Gasteiger partial charge in [0.1, 0.15) is 0 Å². The van der Waals surface area contributed by atoms with Gasteiger partial charge in [0.15, 0.2) is 0 Å². The maximum atomic E-state index is 6.06. The molecule has 3 nitrogen and oxygen atoms in total. The zero-order valence-corrected chi connectivity index (χ0v) is 12.6. The number of benzene rings is 1. The van der Waals surface area contributed by atoms with Crippen LogP contribution in [0.4, 0.5) is 5.69 Å². The van der Waals surface area contributed by atoms with E-state index in [0.29, 0.717) is 0 Å². The van der Waals surface area contributed by atoms with Crippen molar-refractivity contribution in [1.29, 1.82) is 0 Å². The molecule has 0 aliphatic carbocycles. The highest BCUT2D eigenvalue weighted by atomic mass is 35.5. The minimum absolute atomic E-state index is 0.726. The van der Waals surface area contributed by atoms with Crippen LogP contribution in [0.1, 0.15) is 10.7 Å². The van der Waals surface area contributed by atoms with E-state index in [1.807, 2.05) is 37.4 Å². The SMILES string of the molecule is Cc1csc(CCNc2ccnc3ccc(Cl)cc23)n1. The van der Waals surface area contributed by atoms with Crippen molar-refractivity contribution in [3.05, 3.63) is 51.6 Å². The molecule has 0 atom stereocenters. The second kappa shape index (κ2) is 5.77. The maximum Gasteiger partial charge on any atom is 0.0945 e. The van der Waals surface area contributed by atoms with Crippen molar-refractivity contribution >= 4 is 39.5 Å². The van der Waals surface area contributed by atoms with Gasteiger partial charge in [-0.2, -0.15) is 0 Å². The van der Waals surface area contributed by atoms with Crippen molar-refractivity contribution in [3.63, 3.8) is 0 Å². The molecule has 0 amide bonds. The minimum atomic E-state index is 0.726. The molecular formula is C15H14ClN3S. The predicted molar refractivity (Wildman–Crippen MR) is 85.8 cm³/mol. The van der Waals surface area contributed by atoms with Crippen molar-refractivity contribution in [1.82, 2.24) is 9.97 Å². The zero-order chi connectivity index (χ0) is 13.9. The van der Waals surface area contributed by atoms with Gasteiger partial charge in [-0.1, -0.05) is 11.6 Å². The molecule has 20 heavy (non-hydrogen) atoms. The van der Waals surface area contributed by atoms with Gasteiger partial charge < -0.3 is 5.32 Å². The first kappa shape index (κ1) is 13.3. The van der Waals surface area contributed by atoms with Crippen LogP contribution in [-0.2, 0) is 6.42 Å². The summed E-state index contributed by atoms with van der Waals surface area (Å²) in [6.45, 7) is 2.87. The van der Waals surface area contributed by atoms with Crippen LogP contribution in [0.3, 0.4) is 0 Å². The molecule has 1 N–H and O–H groups in total. The monoisotopic (exact) mass is 303 g/mol. The molecule has 0 saturated carbocycles. The van der Waals surface area contributed by atoms with Crippen LogP contribution >= 0.6 is 22.9 Å². The number of hydrogen-bond donors (Lipinski definition) is 1. The molecule has 0 unspecified atom stereocenters. The fraction of sp³-hybridized carbons (Fsp3) is 0.200. The first-order valence-corrected chi connectivity index (χ1v) is 7.67. The molecule has 0 spiro atoms. The van der Waals surface area contributed by atoms with Crippen LogP contribution in [0.15, 0.2) is 35.8 Å². The molecule has 3 aromatic rings. The zero-order valence-electron chi connectivity index (χ0n) is 11.1. The lowest BCUT2D eigenvalue weighted by atomic mass is 10.2. The van der Waals surface area contributed by atoms with Crippen LogP contribution in [0, 0.1) is 6.92 Å². The molecule has 0 aliphatic heterocycles. The van der Waals surface area contributed by atoms with Crippen LogP contribution in [0.5, 0.6) is 0 Å². The summed E-state index contributed by atoms with van der Waals surface area (Å²) < 4.78 is 0. The molecule has 0 aliphatic rings. The summed E-state index contributed by atoms with van der Waals surface area (Å²) in [4.78, 5) is 8.81. The normalized spacial score (nSPS) is 10.9. The van der Waals surface area contributed by atoms with E-state index in [4.69, 9.17) is 11.6 Å². The van der Waals surface area contributed by atoms with E-state index in [0.717, 1.165) is 45.3 Å². The number of halogens is 1. The van der Waals surface area contributed by atoms with E-state index >= 15 is 0 Å². The Bertz CT molecular complexity index is 739. The second-order valence-corrected chi connectivity index (χ2v) is 5.96. The van der Waals surface area contributed by atoms with E-state index in [1.165, 1.54) is 0 Å². The standard InChI is InChI=1S/C15H14ClN3S/c1-10-9-20-15(19-10)5-7-18-14-4-6-17-13-3-2-11(16)8-12(13)14/h2-4,6,8-9H,5,7H2,1H3,(H,17,18). The molecule has 1 aromatic carbocycles. The lowest BCUT2D eigenvalue weighted by Gasteiger charge is -2.08.